The molecule has 0 aliphatic carbocycles. The van der Waals surface area contributed by atoms with Crippen molar-refractivity contribution in [3.8, 4) is 5.75 Å². The second-order valence-corrected chi connectivity index (χ2v) is 14.5. The number of hydrogen-bond acceptors (Lipinski definition) is 10. The Hall–Kier alpha value is -5.50. The zero-order valence-electron chi connectivity index (χ0n) is 31.2. The van der Waals surface area contributed by atoms with Gasteiger partial charge in [0, 0.05) is 23.3 Å². The van der Waals surface area contributed by atoms with Crippen molar-refractivity contribution in [1.82, 2.24) is 14.9 Å². The molecule has 0 aromatic heterocycles. The van der Waals surface area contributed by atoms with Gasteiger partial charge in [0.25, 0.3) is 5.69 Å². The molecule has 0 bridgehead atoms. The van der Waals surface area contributed by atoms with Gasteiger partial charge in [0.1, 0.15) is 5.75 Å². The van der Waals surface area contributed by atoms with E-state index in [0.29, 0.717) is 40.8 Å². The molecular weight excluding hydrogens is 719 g/mol. The molecule has 0 radical (unpaired) electrons. The van der Waals surface area contributed by atoms with E-state index in [9.17, 15) is 24.9 Å². The molecule has 0 spiro atoms. The van der Waals surface area contributed by atoms with Crippen molar-refractivity contribution < 1.29 is 29.2 Å². The minimum absolute atomic E-state index is 0.0218. The highest BCUT2D eigenvalue weighted by atomic mass is 32.2. The molecule has 4 aromatic rings. The number of rotatable bonds is 12. The normalized spacial score (nSPS) is 17.0. The molecule has 1 unspecified atom stereocenters. The molecule has 2 amide bonds. The first-order valence-corrected chi connectivity index (χ1v) is 19.1. The summed E-state index contributed by atoms with van der Waals surface area (Å²) in [5.41, 5.74) is 4.12. The molecule has 6 rings (SSSR count). The van der Waals surface area contributed by atoms with Gasteiger partial charge < -0.3 is 14.4 Å². The molecular formula is C42H45N5O7S. The van der Waals surface area contributed by atoms with Crippen LogP contribution in [-0.4, -0.2) is 82.6 Å². The van der Waals surface area contributed by atoms with Crippen molar-refractivity contribution in [2.45, 2.75) is 43.4 Å². The number of ether oxygens (including phenoxy) is 2. The average Bonchev–Trinajstić information content (AvgIpc) is 3.23. The minimum Gasteiger partial charge on any atom is -0.497 e. The van der Waals surface area contributed by atoms with Gasteiger partial charge in [-0.3, -0.25) is 20.2 Å². The third-order valence-corrected chi connectivity index (χ3v) is 11.4. The third-order valence-electron chi connectivity index (χ3n) is 10.4. The van der Waals surface area contributed by atoms with E-state index >= 15 is 0 Å². The number of nitro benzene ring substituents is 1. The Labute approximate surface area is 325 Å². The fraction of sp³-hybridized carbons (Fsp3) is 0.310. The van der Waals surface area contributed by atoms with Crippen LogP contribution in [0.25, 0.3) is 0 Å². The maximum atomic E-state index is 14.4. The van der Waals surface area contributed by atoms with Crippen LogP contribution in [-0.2, 0) is 20.7 Å². The van der Waals surface area contributed by atoms with Crippen LogP contribution in [0.15, 0.2) is 125 Å². The Morgan fingerprint density at radius 3 is 2.07 bits per heavy atom. The first-order valence-electron chi connectivity index (χ1n) is 18.2. The monoisotopic (exact) mass is 763 g/mol. The van der Waals surface area contributed by atoms with Gasteiger partial charge in [0.15, 0.2) is 5.17 Å². The minimum atomic E-state index is -1.09. The predicted octanol–water partition coefficient (Wildman–Crippen LogP) is 7.98. The van der Waals surface area contributed by atoms with Crippen LogP contribution in [0.1, 0.15) is 54.5 Å². The third kappa shape index (κ3) is 8.75. The Kier molecular flexibility index (Phi) is 12.7. The van der Waals surface area contributed by atoms with Gasteiger partial charge in [-0.25, -0.2) is 19.6 Å². The molecule has 55 heavy (non-hydrogen) atoms. The average molecular weight is 764 g/mol. The second-order valence-electron chi connectivity index (χ2n) is 13.6. The van der Waals surface area contributed by atoms with Crippen molar-refractivity contribution in [1.29, 1.82) is 0 Å². The number of aliphatic imine (C=N–C) groups is 1. The number of benzene rings is 4. The van der Waals surface area contributed by atoms with Gasteiger partial charge in [-0.15, -0.1) is 0 Å². The Bertz CT molecular complexity index is 1980. The highest BCUT2D eigenvalue weighted by Gasteiger charge is 2.42. The molecule has 1 fully saturated rings. The van der Waals surface area contributed by atoms with E-state index in [1.807, 2.05) is 36.4 Å². The van der Waals surface area contributed by atoms with E-state index in [0.717, 1.165) is 31.5 Å². The van der Waals surface area contributed by atoms with E-state index in [2.05, 4.69) is 58.4 Å². The summed E-state index contributed by atoms with van der Waals surface area (Å²) >= 11 is 1.27. The molecule has 1 N–H and O–H groups in total. The number of carbonyl (C=O) groups excluding carboxylic acids is 2. The lowest BCUT2D eigenvalue weighted by molar-refractivity contribution is -0.384. The molecule has 4 aromatic carbocycles. The van der Waals surface area contributed by atoms with E-state index in [-0.39, 0.29) is 28.4 Å². The number of carbonyl (C=O) groups is 2. The summed E-state index contributed by atoms with van der Waals surface area (Å²) in [6, 6.07) is 32.5. The number of amidine groups is 1. The van der Waals surface area contributed by atoms with E-state index in [4.69, 9.17) is 9.47 Å². The fourth-order valence-electron chi connectivity index (χ4n) is 7.40. The molecule has 2 heterocycles. The van der Waals surface area contributed by atoms with Crippen LogP contribution in [0.3, 0.4) is 0 Å². The molecule has 1 atom stereocenters. The van der Waals surface area contributed by atoms with Crippen LogP contribution in [0.5, 0.6) is 5.75 Å². The number of allylic oxidation sites excluding steroid dienone is 1. The molecule has 0 saturated carbocycles. The lowest BCUT2D eigenvalue weighted by Gasteiger charge is -2.43. The Balaban J connectivity index is 1.21. The lowest BCUT2D eigenvalue weighted by Crippen LogP contribution is -2.49. The van der Waals surface area contributed by atoms with Gasteiger partial charge in [-0.1, -0.05) is 84.6 Å². The summed E-state index contributed by atoms with van der Waals surface area (Å²) in [5, 5.41) is 23.8. The molecule has 2 aliphatic rings. The van der Waals surface area contributed by atoms with E-state index in [1.165, 1.54) is 59.2 Å². The number of likely N-dealkylation sites (tertiary alicyclic amines) is 1. The topological polar surface area (TPSA) is 138 Å². The van der Waals surface area contributed by atoms with Gasteiger partial charge in [-0.05, 0) is 92.3 Å². The van der Waals surface area contributed by atoms with Gasteiger partial charge in [0.05, 0.1) is 43.0 Å². The largest absolute Gasteiger partial charge is 0.497 e. The van der Waals surface area contributed by atoms with E-state index < -0.39 is 23.0 Å². The SMILES string of the molecule is COC(=O)C1=C(C)N=C(SCc2ccc(OC)cc2)N(C(=O)N(O)CCCN2CCC(c3ccccc3)(c3ccccc3)CC2)C1c1ccc([N+](=O)[O-])cc1. The Morgan fingerprint density at radius 2 is 1.53 bits per heavy atom. The molecule has 286 valence electrons. The number of hydrogen-bond donors (Lipinski definition) is 1. The number of non-ortho nitro benzene ring substituents is 1. The van der Waals surface area contributed by atoms with E-state index in [1.54, 1.807) is 14.0 Å². The maximum Gasteiger partial charge on any atom is 0.350 e. The number of hydroxylamine groups is 2. The highest BCUT2D eigenvalue weighted by molar-refractivity contribution is 8.13. The van der Waals surface area contributed by atoms with Crippen LogP contribution in [0.2, 0.25) is 0 Å². The molecule has 2 aliphatic heterocycles. The zero-order chi connectivity index (χ0) is 39.0. The predicted molar refractivity (Wildman–Crippen MR) is 212 cm³/mol. The molecule has 12 nitrogen and oxygen atoms in total. The van der Waals surface area contributed by atoms with Crippen LogP contribution in [0.4, 0.5) is 10.5 Å². The second kappa shape index (κ2) is 17.8. The summed E-state index contributed by atoms with van der Waals surface area (Å²) in [6.45, 7) is 4.04. The summed E-state index contributed by atoms with van der Waals surface area (Å²) in [7, 11) is 2.83. The number of nitro groups is 1. The van der Waals surface area contributed by atoms with Crippen LogP contribution in [0, 0.1) is 10.1 Å². The summed E-state index contributed by atoms with van der Waals surface area (Å²) in [4.78, 5) is 47.0. The van der Waals surface area contributed by atoms with Crippen molar-refractivity contribution in [2.24, 2.45) is 4.99 Å². The quantitative estimate of drug-likeness (QED) is 0.0659. The molecule has 1 saturated heterocycles. The van der Waals surface area contributed by atoms with Crippen molar-refractivity contribution in [3.05, 3.63) is 153 Å². The Morgan fingerprint density at radius 1 is 0.927 bits per heavy atom. The van der Waals surface area contributed by atoms with Crippen molar-refractivity contribution in [2.75, 3.05) is 40.4 Å². The van der Waals surface area contributed by atoms with Crippen LogP contribution >= 0.6 is 11.8 Å². The number of urea groups is 1. The van der Waals surface area contributed by atoms with Gasteiger partial charge in [0.2, 0.25) is 0 Å². The number of piperidine rings is 1. The van der Waals surface area contributed by atoms with Crippen molar-refractivity contribution in [3.63, 3.8) is 0 Å². The number of methoxy groups -OCH3 is 2. The van der Waals surface area contributed by atoms with Gasteiger partial charge >= 0.3 is 12.0 Å². The highest BCUT2D eigenvalue weighted by Crippen LogP contribution is 2.42. The maximum absolute atomic E-state index is 14.4. The smallest absolute Gasteiger partial charge is 0.350 e. The van der Waals surface area contributed by atoms with Crippen molar-refractivity contribution >= 4 is 34.6 Å². The standard InChI is InChI=1S/C42H45N5O7S/c1-30-37(39(48)54-3)38(32-17-19-35(20-18-32)47(51)52)46(40(43-30)55-29-31-15-21-36(53-2)22-16-31)41(49)45(50)26-10-25-44-27-23-42(24-28-44,33-11-6-4-7-12-33)34-13-8-5-9-14-34/h4-9,11-22,38,50H,10,23-29H2,1-3H3. The summed E-state index contributed by atoms with van der Waals surface area (Å²) < 4.78 is 10.4. The van der Waals surface area contributed by atoms with Crippen LogP contribution < -0.4 is 4.74 Å². The lowest BCUT2D eigenvalue weighted by atomic mass is 9.68. The summed E-state index contributed by atoms with van der Waals surface area (Å²) in [5.74, 6) is 0.402. The first kappa shape index (κ1) is 39.2. The number of nitrogens with zero attached hydrogens (tertiary/aromatic N) is 5. The van der Waals surface area contributed by atoms with Gasteiger partial charge in [-0.2, -0.15) is 0 Å². The number of thioether (sulfide) groups is 1. The fourth-order valence-corrected chi connectivity index (χ4v) is 8.42. The number of amides is 2. The molecule has 13 heteroatoms. The number of esters is 1. The zero-order valence-corrected chi connectivity index (χ0v) is 32.0. The first-order chi connectivity index (χ1) is 26.6. The summed E-state index contributed by atoms with van der Waals surface area (Å²) in [6.07, 6.45) is 2.35.